The largest absolute Gasteiger partial charge is 0.364 e. The molecule has 5 heteroatoms. The van der Waals surface area contributed by atoms with Crippen molar-refractivity contribution in [2.45, 2.75) is 26.4 Å². The lowest BCUT2D eigenvalue weighted by atomic mass is 10.4. The van der Waals surface area contributed by atoms with Crippen LogP contribution < -0.4 is 5.32 Å². The number of anilines is 1. The van der Waals surface area contributed by atoms with Crippen molar-refractivity contribution in [3.05, 3.63) is 34.2 Å². The summed E-state index contributed by atoms with van der Waals surface area (Å²) in [6.07, 6.45) is 1.96. The molecule has 1 N–H and O–H groups in total. The van der Waals surface area contributed by atoms with Crippen molar-refractivity contribution in [1.29, 1.82) is 5.26 Å². The van der Waals surface area contributed by atoms with E-state index in [0.29, 0.717) is 12.6 Å². The number of nitrogens with zero attached hydrogens (tertiary/aromatic N) is 3. The monoisotopic (exact) mass is 246 g/mol. The van der Waals surface area contributed by atoms with E-state index in [1.807, 2.05) is 29.1 Å². The maximum Gasteiger partial charge on any atom is 0.148 e. The van der Waals surface area contributed by atoms with Crippen molar-refractivity contribution in [1.82, 2.24) is 9.78 Å². The van der Waals surface area contributed by atoms with Gasteiger partial charge in [0.25, 0.3) is 0 Å². The Kier molecular flexibility index (Phi) is 3.45. The lowest BCUT2D eigenvalue weighted by molar-refractivity contribution is 0.534. The van der Waals surface area contributed by atoms with E-state index >= 15 is 0 Å². The van der Waals surface area contributed by atoms with Crippen molar-refractivity contribution < 1.29 is 0 Å². The second-order valence-corrected chi connectivity index (χ2v) is 5.17. The Labute approximate surface area is 105 Å². The van der Waals surface area contributed by atoms with Gasteiger partial charge in [-0.05, 0) is 26.0 Å². The summed E-state index contributed by atoms with van der Waals surface area (Å²) in [5.74, 6) is 0.866. The van der Waals surface area contributed by atoms with Crippen LogP contribution in [0.4, 0.5) is 5.82 Å². The molecule has 2 rings (SSSR count). The van der Waals surface area contributed by atoms with Crippen LogP contribution in [0.3, 0.4) is 0 Å². The summed E-state index contributed by atoms with van der Waals surface area (Å²) in [4.78, 5) is 1.88. The first kappa shape index (κ1) is 11.7. The Morgan fingerprint density at radius 2 is 2.29 bits per heavy atom. The van der Waals surface area contributed by atoms with Crippen LogP contribution in [0.5, 0.6) is 0 Å². The van der Waals surface area contributed by atoms with E-state index in [4.69, 9.17) is 5.26 Å². The lowest BCUT2D eigenvalue weighted by Gasteiger charge is -2.04. The topological polar surface area (TPSA) is 53.6 Å². The Balaban J connectivity index is 1.95. The molecule has 17 heavy (non-hydrogen) atoms. The minimum absolute atomic E-state index is 0.373. The van der Waals surface area contributed by atoms with E-state index in [1.54, 1.807) is 0 Å². The van der Waals surface area contributed by atoms with Crippen LogP contribution in [0.1, 0.15) is 29.6 Å². The fourth-order valence-corrected chi connectivity index (χ4v) is 2.18. The molecule has 0 spiro atoms. The SMILES string of the molecule is CC(C)n1ccc(NCc2ccc(C#N)s2)n1. The number of nitrogens with one attached hydrogen (secondary N) is 1. The average molecular weight is 246 g/mol. The van der Waals surface area contributed by atoms with Crippen LogP contribution in [0, 0.1) is 11.3 Å². The molecular formula is C12H14N4S. The maximum atomic E-state index is 8.72. The molecule has 0 atom stereocenters. The molecule has 0 aliphatic carbocycles. The van der Waals surface area contributed by atoms with Gasteiger partial charge in [-0.25, -0.2) is 0 Å². The van der Waals surface area contributed by atoms with E-state index in [0.717, 1.165) is 15.6 Å². The van der Waals surface area contributed by atoms with Crippen molar-refractivity contribution in [2.75, 3.05) is 5.32 Å². The van der Waals surface area contributed by atoms with E-state index in [1.165, 1.54) is 11.3 Å². The molecule has 0 saturated carbocycles. The van der Waals surface area contributed by atoms with Gasteiger partial charge >= 0.3 is 0 Å². The van der Waals surface area contributed by atoms with Gasteiger partial charge in [-0.1, -0.05) is 0 Å². The molecule has 0 saturated heterocycles. The van der Waals surface area contributed by atoms with Crippen molar-refractivity contribution in [3.8, 4) is 6.07 Å². The zero-order valence-electron chi connectivity index (χ0n) is 9.84. The zero-order valence-corrected chi connectivity index (χ0v) is 10.7. The molecule has 2 aromatic heterocycles. The minimum atomic E-state index is 0.373. The summed E-state index contributed by atoms with van der Waals surface area (Å²) in [5, 5.41) is 16.4. The molecule has 0 amide bonds. The molecule has 0 aliphatic heterocycles. The second-order valence-electron chi connectivity index (χ2n) is 4.01. The zero-order chi connectivity index (χ0) is 12.3. The van der Waals surface area contributed by atoms with Crippen molar-refractivity contribution >= 4 is 17.2 Å². The van der Waals surface area contributed by atoms with Gasteiger partial charge in [0, 0.05) is 23.2 Å². The Bertz CT molecular complexity index is 533. The molecule has 0 unspecified atom stereocenters. The quantitative estimate of drug-likeness (QED) is 0.902. The molecular weight excluding hydrogens is 232 g/mol. The van der Waals surface area contributed by atoms with Gasteiger partial charge < -0.3 is 5.32 Å². The minimum Gasteiger partial charge on any atom is -0.364 e. The first-order valence-electron chi connectivity index (χ1n) is 5.47. The third kappa shape index (κ3) is 2.86. The average Bonchev–Trinajstić information content (AvgIpc) is 2.95. The molecule has 0 bridgehead atoms. The van der Waals surface area contributed by atoms with Crippen LogP contribution in [0.25, 0.3) is 0 Å². The number of hydrogen-bond donors (Lipinski definition) is 1. The van der Waals surface area contributed by atoms with E-state index in [2.05, 4.69) is 30.3 Å². The fourth-order valence-electron chi connectivity index (χ4n) is 1.43. The predicted molar refractivity (Wildman–Crippen MR) is 69.0 cm³/mol. The number of nitriles is 1. The third-order valence-electron chi connectivity index (χ3n) is 2.35. The van der Waals surface area contributed by atoms with Crippen LogP contribution >= 0.6 is 11.3 Å². The highest BCUT2D eigenvalue weighted by atomic mass is 32.1. The summed E-state index contributed by atoms with van der Waals surface area (Å²) in [5.41, 5.74) is 0. The molecule has 88 valence electrons. The lowest BCUT2D eigenvalue weighted by Crippen LogP contribution is -2.03. The highest BCUT2D eigenvalue weighted by Gasteiger charge is 2.03. The van der Waals surface area contributed by atoms with Gasteiger partial charge in [-0.15, -0.1) is 11.3 Å². The Hall–Kier alpha value is -1.80. The number of hydrogen-bond acceptors (Lipinski definition) is 4. The number of thiophene rings is 1. The smallest absolute Gasteiger partial charge is 0.148 e. The summed E-state index contributed by atoms with van der Waals surface area (Å²) in [6, 6.07) is 8.27. The highest BCUT2D eigenvalue weighted by Crippen LogP contribution is 2.17. The third-order valence-corrected chi connectivity index (χ3v) is 3.34. The molecule has 0 aromatic carbocycles. The molecule has 0 radical (unpaired) electrons. The number of aromatic nitrogens is 2. The van der Waals surface area contributed by atoms with Crippen molar-refractivity contribution in [3.63, 3.8) is 0 Å². The molecule has 2 aromatic rings. The van der Waals surface area contributed by atoms with Gasteiger partial charge in [-0.2, -0.15) is 10.4 Å². The summed E-state index contributed by atoms with van der Waals surface area (Å²) in [6.45, 7) is 4.89. The molecule has 4 nitrogen and oxygen atoms in total. The first-order chi connectivity index (χ1) is 8.19. The molecule has 0 aliphatic rings. The highest BCUT2D eigenvalue weighted by molar-refractivity contribution is 7.12. The predicted octanol–water partition coefficient (Wildman–Crippen LogP) is 3.01. The summed E-state index contributed by atoms with van der Waals surface area (Å²) in [7, 11) is 0. The van der Waals surface area contributed by atoms with Crippen LogP contribution in [0.15, 0.2) is 24.4 Å². The van der Waals surface area contributed by atoms with Crippen LogP contribution in [0.2, 0.25) is 0 Å². The van der Waals surface area contributed by atoms with Gasteiger partial charge in [0.15, 0.2) is 0 Å². The van der Waals surface area contributed by atoms with Gasteiger partial charge in [0.1, 0.15) is 16.8 Å². The van der Waals surface area contributed by atoms with E-state index in [-0.39, 0.29) is 0 Å². The fraction of sp³-hybridized carbons (Fsp3) is 0.333. The van der Waals surface area contributed by atoms with Crippen molar-refractivity contribution in [2.24, 2.45) is 0 Å². The van der Waals surface area contributed by atoms with E-state index in [9.17, 15) is 0 Å². The Morgan fingerprint density at radius 1 is 1.47 bits per heavy atom. The van der Waals surface area contributed by atoms with Crippen LogP contribution in [-0.4, -0.2) is 9.78 Å². The summed E-state index contributed by atoms with van der Waals surface area (Å²) < 4.78 is 1.91. The number of rotatable bonds is 4. The molecule has 2 heterocycles. The first-order valence-corrected chi connectivity index (χ1v) is 6.28. The van der Waals surface area contributed by atoms with Gasteiger partial charge in [0.05, 0.1) is 6.54 Å². The molecule has 0 fully saturated rings. The van der Waals surface area contributed by atoms with Gasteiger partial charge in [0.2, 0.25) is 0 Å². The maximum absolute atomic E-state index is 8.72. The normalized spacial score (nSPS) is 10.5. The Morgan fingerprint density at radius 3 is 2.88 bits per heavy atom. The van der Waals surface area contributed by atoms with Gasteiger partial charge in [-0.3, -0.25) is 4.68 Å². The summed E-state index contributed by atoms with van der Waals surface area (Å²) >= 11 is 1.51. The van der Waals surface area contributed by atoms with E-state index < -0.39 is 0 Å². The van der Waals surface area contributed by atoms with Crippen LogP contribution in [-0.2, 0) is 6.54 Å². The second kappa shape index (κ2) is 5.02. The standard InChI is InChI=1S/C12H14N4S/c1-9(2)16-6-5-12(15-16)14-8-11-4-3-10(7-13)17-11/h3-6,9H,8H2,1-2H3,(H,14,15).